The van der Waals surface area contributed by atoms with Gasteiger partial charge >= 0.3 is 0 Å². The van der Waals surface area contributed by atoms with E-state index < -0.39 is 0 Å². The summed E-state index contributed by atoms with van der Waals surface area (Å²) >= 11 is 0. The van der Waals surface area contributed by atoms with E-state index in [1.807, 2.05) is 37.1 Å². The van der Waals surface area contributed by atoms with Gasteiger partial charge in [0.1, 0.15) is 12.3 Å². The standard InChI is InChI=1S/C34H41N3O3/c1-24(2)37(33(39)26-13-17-29(40-6)18-14-26)23-32(38)36(22-25-11-15-28(16-12-25)34(3,4)5)20-19-27-21-35-31-10-8-7-9-30(27)31/h7-18,21,24,35H,19-20,22-23H2,1-6H3. The van der Waals surface area contributed by atoms with E-state index in [9.17, 15) is 9.59 Å². The second-order valence-electron chi connectivity index (χ2n) is 11.6. The fourth-order valence-corrected chi connectivity index (χ4v) is 4.85. The summed E-state index contributed by atoms with van der Waals surface area (Å²) in [6.45, 7) is 11.5. The lowest BCUT2D eigenvalue weighted by atomic mass is 9.87. The Morgan fingerprint density at radius 3 is 2.23 bits per heavy atom. The molecule has 0 spiro atoms. The molecule has 4 aromatic rings. The molecule has 0 radical (unpaired) electrons. The Morgan fingerprint density at radius 2 is 1.60 bits per heavy atom. The van der Waals surface area contributed by atoms with E-state index in [-0.39, 0.29) is 29.8 Å². The number of amides is 2. The van der Waals surface area contributed by atoms with E-state index in [1.165, 1.54) is 16.5 Å². The van der Waals surface area contributed by atoms with Gasteiger partial charge in [-0.15, -0.1) is 0 Å². The Hall–Kier alpha value is -4.06. The van der Waals surface area contributed by atoms with Crippen LogP contribution in [0.1, 0.15) is 61.7 Å². The van der Waals surface area contributed by atoms with Crippen LogP contribution in [0, 0.1) is 0 Å². The molecule has 1 N–H and O–H groups in total. The Balaban J connectivity index is 1.55. The molecular formula is C34H41N3O3. The fraction of sp³-hybridized carbons (Fsp3) is 0.353. The van der Waals surface area contributed by atoms with Crippen LogP contribution in [-0.4, -0.2) is 52.8 Å². The molecule has 0 bridgehead atoms. The van der Waals surface area contributed by atoms with Crippen LogP contribution in [-0.2, 0) is 23.2 Å². The van der Waals surface area contributed by atoms with E-state index in [4.69, 9.17) is 4.74 Å². The zero-order chi connectivity index (χ0) is 28.9. The first-order valence-electron chi connectivity index (χ1n) is 13.9. The molecule has 0 saturated heterocycles. The number of carbonyl (C=O) groups excluding carboxylic acids is 2. The van der Waals surface area contributed by atoms with Crippen molar-refractivity contribution in [3.8, 4) is 5.75 Å². The van der Waals surface area contributed by atoms with Crippen LogP contribution in [0.25, 0.3) is 10.9 Å². The van der Waals surface area contributed by atoms with Crippen LogP contribution >= 0.6 is 0 Å². The Kier molecular flexibility index (Phi) is 8.98. The van der Waals surface area contributed by atoms with Crippen molar-refractivity contribution in [1.29, 1.82) is 0 Å². The molecule has 6 heteroatoms. The highest BCUT2D eigenvalue weighted by Crippen LogP contribution is 2.23. The number of carbonyl (C=O) groups is 2. The number of fused-ring (bicyclic) bond motifs is 1. The van der Waals surface area contributed by atoms with Crippen molar-refractivity contribution >= 4 is 22.7 Å². The molecule has 210 valence electrons. The number of hydrogen-bond acceptors (Lipinski definition) is 3. The van der Waals surface area contributed by atoms with Gasteiger partial charge in [-0.3, -0.25) is 9.59 Å². The SMILES string of the molecule is COc1ccc(C(=O)N(CC(=O)N(CCc2c[nH]c3ccccc23)Cc2ccc(C(C)(C)C)cc2)C(C)C)cc1. The molecule has 1 heterocycles. The predicted molar refractivity (Wildman–Crippen MR) is 162 cm³/mol. The van der Waals surface area contributed by atoms with Crippen LogP contribution in [0.2, 0.25) is 0 Å². The molecule has 1 aromatic heterocycles. The summed E-state index contributed by atoms with van der Waals surface area (Å²) in [4.78, 5) is 34.1. The first kappa shape index (κ1) is 28.9. The summed E-state index contributed by atoms with van der Waals surface area (Å²) in [6.07, 6.45) is 2.74. The van der Waals surface area contributed by atoms with Gasteiger partial charge < -0.3 is 19.5 Å². The monoisotopic (exact) mass is 539 g/mol. The average molecular weight is 540 g/mol. The highest BCUT2D eigenvalue weighted by molar-refractivity contribution is 5.96. The molecule has 0 fully saturated rings. The number of ether oxygens (including phenoxy) is 1. The molecule has 0 aliphatic rings. The minimum absolute atomic E-state index is 0.0104. The number of methoxy groups -OCH3 is 1. The lowest BCUT2D eigenvalue weighted by molar-refractivity contribution is -0.132. The van der Waals surface area contributed by atoms with Gasteiger partial charge in [-0.2, -0.15) is 0 Å². The number of hydrogen-bond donors (Lipinski definition) is 1. The van der Waals surface area contributed by atoms with Gasteiger partial charge in [0, 0.05) is 41.8 Å². The predicted octanol–water partition coefficient (Wildman–Crippen LogP) is 6.60. The molecule has 0 unspecified atom stereocenters. The molecule has 40 heavy (non-hydrogen) atoms. The van der Waals surface area contributed by atoms with Gasteiger partial charge in [-0.1, -0.05) is 63.2 Å². The maximum atomic E-state index is 13.9. The summed E-state index contributed by atoms with van der Waals surface area (Å²) in [6, 6.07) is 23.6. The number of aromatic nitrogens is 1. The van der Waals surface area contributed by atoms with Crippen LogP contribution < -0.4 is 4.74 Å². The molecule has 0 aliphatic carbocycles. The molecule has 2 amide bonds. The van der Waals surface area contributed by atoms with Crippen molar-refractivity contribution in [3.63, 3.8) is 0 Å². The third kappa shape index (κ3) is 6.92. The van der Waals surface area contributed by atoms with Crippen LogP contribution in [0.15, 0.2) is 79.0 Å². The van der Waals surface area contributed by atoms with Crippen molar-refractivity contribution in [2.45, 2.75) is 59.0 Å². The van der Waals surface area contributed by atoms with Crippen molar-refractivity contribution in [2.24, 2.45) is 0 Å². The third-order valence-electron chi connectivity index (χ3n) is 7.40. The lowest BCUT2D eigenvalue weighted by Gasteiger charge is -2.30. The van der Waals surface area contributed by atoms with Gasteiger partial charge in [0.05, 0.1) is 7.11 Å². The number of nitrogens with one attached hydrogen (secondary N) is 1. The van der Waals surface area contributed by atoms with Gasteiger partial charge in [-0.05, 0) is 72.7 Å². The number of rotatable bonds is 10. The summed E-state index contributed by atoms with van der Waals surface area (Å²) in [5.41, 5.74) is 5.17. The van der Waals surface area contributed by atoms with Crippen molar-refractivity contribution in [2.75, 3.05) is 20.2 Å². The van der Waals surface area contributed by atoms with Crippen molar-refractivity contribution in [1.82, 2.24) is 14.8 Å². The maximum absolute atomic E-state index is 13.9. The van der Waals surface area contributed by atoms with Crippen LogP contribution in [0.5, 0.6) is 5.75 Å². The molecule has 0 atom stereocenters. The quantitative estimate of drug-likeness (QED) is 0.247. The molecule has 3 aromatic carbocycles. The maximum Gasteiger partial charge on any atom is 0.254 e. The minimum atomic E-state index is -0.169. The summed E-state index contributed by atoms with van der Waals surface area (Å²) < 4.78 is 5.23. The number of aromatic amines is 1. The van der Waals surface area contributed by atoms with E-state index in [1.54, 1.807) is 36.3 Å². The average Bonchev–Trinajstić information content (AvgIpc) is 3.36. The largest absolute Gasteiger partial charge is 0.497 e. The molecule has 4 rings (SSSR count). The number of benzene rings is 3. The summed E-state index contributed by atoms with van der Waals surface area (Å²) in [5, 5.41) is 1.17. The first-order chi connectivity index (χ1) is 19.1. The van der Waals surface area contributed by atoms with E-state index in [0.29, 0.717) is 30.8 Å². The van der Waals surface area contributed by atoms with Gasteiger partial charge in [0.2, 0.25) is 5.91 Å². The highest BCUT2D eigenvalue weighted by atomic mass is 16.5. The number of para-hydroxylation sites is 1. The molecule has 6 nitrogen and oxygen atoms in total. The van der Waals surface area contributed by atoms with Gasteiger partial charge in [-0.25, -0.2) is 0 Å². The molecule has 0 saturated carbocycles. The smallest absolute Gasteiger partial charge is 0.254 e. The van der Waals surface area contributed by atoms with Crippen LogP contribution in [0.3, 0.4) is 0 Å². The number of H-pyrrole nitrogens is 1. The van der Waals surface area contributed by atoms with Crippen molar-refractivity contribution in [3.05, 3.63) is 101 Å². The molecular weight excluding hydrogens is 498 g/mol. The van der Waals surface area contributed by atoms with E-state index >= 15 is 0 Å². The summed E-state index contributed by atoms with van der Waals surface area (Å²) in [7, 11) is 1.59. The minimum Gasteiger partial charge on any atom is -0.497 e. The van der Waals surface area contributed by atoms with E-state index in [0.717, 1.165) is 11.1 Å². The third-order valence-corrected chi connectivity index (χ3v) is 7.40. The highest BCUT2D eigenvalue weighted by Gasteiger charge is 2.25. The Morgan fingerprint density at radius 1 is 0.925 bits per heavy atom. The second-order valence-corrected chi connectivity index (χ2v) is 11.6. The fourth-order valence-electron chi connectivity index (χ4n) is 4.85. The topological polar surface area (TPSA) is 65.6 Å². The Labute approximate surface area is 238 Å². The van der Waals surface area contributed by atoms with Crippen LogP contribution in [0.4, 0.5) is 0 Å². The lowest BCUT2D eigenvalue weighted by Crippen LogP contribution is -2.46. The zero-order valence-electron chi connectivity index (χ0n) is 24.5. The zero-order valence-corrected chi connectivity index (χ0v) is 24.5. The second kappa shape index (κ2) is 12.4. The van der Waals surface area contributed by atoms with Crippen molar-refractivity contribution < 1.29 is 14.3 Å². The summed E-state index contributed by atoms with van der Waals surface area (Å²) in [5.74, 6) is 0.442. The van der Waals surface area contributed by atoms with E-state index in [2.05, 4.69) is 62.2 Å². The Bertz CT molecular complexity index is 1430. The van der Waals surface area contributed by atoms with Gasteiger partial charge in [0.25, 0.3) is 5.91 Å². The molecule has 0 aliphatic heterocycles. The normalized spacial score (nSPS) is 11.6. The first-order valence-corrected chi connectivity index (χ1v) is 13.9. The van der Waals surface area contributed by atoms with Gasteiger partial charge in [0.15, 0.2) is 0 Å². The number of nitrogens with zero attached hydrogens (tertiary/aromatic N) is 2.